The van der Waals surface area contributed by atoms with Crippen LogP contribution in [0.25, 0.3) is 11.6 Å². The van der Waals surface area contributed by atoms with E-state index in [-0.39, 0.29) is 0 Å². The fraction of sp³-hybridized carbons (Fsp3) is 0.375. The second-order valence-electron chi connectivity index (χ2n) is 5.49. The molecule has 0 aliphatic carbocycles. The Balaban J connectivity index is 1.49. The lowest BCUT2D eigenvalue weighted by Crippen LogP contribution is -2.31. The molecule has 8 nitrogen and oxygen atoms in total. The molecule has 1 aliphatic rings. The van der Waals surface area contributed by atoms with E-state index in [1.54, 1.807) is 24.7 Å². The standard InChI is InChI=1S/C16H17N5O3/c1-2-22-16-11-8-21(6-5-12(11)17-10-18-16)9-14-19-15(20-24-14)13-4-3-7-23-13/h3-4,7,10H,2,5-6,8-9H2,1H3. The van der Waals surface area contributed by atoms with E-state index in [1.807, 2.05) is 6.92 Å². The Morgan fingerprint density at radius 3 is 3.12 bits per heavy atom. The molecule has 8 heteroatoms. The van der Waals surface area contributed by atoms with Crippen LogP contribution in [0.4, 0.5) is 0 Å². The van der Waals surface area contributed by atoms with Crippen molar-refractivity contribution in [3.8, 4) is 17.5 Å². The van der Waals surface area contributed by atoms with Gasteiger partial charge in [-0.05, 0) is 19.1 Å². The predicted octanol–water partition coefficient (Wildman–Crippen LogP) is 2.08. The molecule has 1 aliphatic heterocycles. The average Bonchev–Trinajstić information content (AvgIpc) is 3.27. The Morgan fingerprint density at radius 2 is 2.29 bits per heavy atom. The molecule has 0 radical (unpaired) electrons. The van der Waals surface area contributed by atoms with Gasteiger partial charge in [-0.25, -0.2) is 9.97 Å². The number of nitrogens with zero attached hydrogens (tertiary/aromatic N) is 5. The van der Waals surface area contributed by atoms with Crippen molar-refractivity contribution in [1.29, 1.82) is 0 Å². The van der Waals surface area contributed by atoms with Gasteiger partial charge in [-0.2, -0.15) is 4.98 Å². The van der Waals surface area contributed by atoms with Gasteiger partial charge in [-0.15, -0.1) is 0 Å². The van der Waals surface area contributed by atoms with Gasteiger partial charge in [0.25, 0.3) is 0 Å². The SMILES string of the molecule is CCOc1ncnc2c1CN(Cc1nc(-c3ccco3)no1)CC2. The minimum atomic E-state index is 0.464. The first-order valence-corrected chi connectivity index (χ1v) is 7.88. The van der Waals surface area contributed by atoms with Crippen molar-refractivity contribution < 1.29 is 13.7 Å². The third kappa shape index (κ3) is 2.88. The Labute approximate surface area is 138 Å². The molecule has 4 heterocycles. The number of rotatable bonds is 5. The van der Waals surface area contributed by atoms with Gasteiger partial charge >= 0.3 is 0 Å². The highest BCUT2D eigenvalue weighted by molar-refractivity contribution is 5.44. The van der Waals surface area contributed by atoms with Crippen molar-refractivity contribution >= 4 is 0 Å². The van der Waals surface area contributed by atoms with Gasteiger partial charge < -0.3 is 13.7 Å². The van der Waals surface area contributed by atoms with Crippen molar-refractivity contribution in [3.63, 3.8) is 0 Å². The lowest BCUT2D eigenvalue weighted by atomic mass is 10.1. The Morgan fingerprint density at radius 1 is 1.33 bits per heavy atom. The van der Waals surface area contributed by atoms with Crippen LogP contribution in [0.5, 0.6) is 5.88 Å². The third-order valence-corrected chi connectivity index (χ3v) is 3.89. The number of fused-ring (bicyclic) bond motifs is 1. The zero-order valence-electron chi connectivity index (χ0n) is 13.3. The van der Waals surface area contributed by atoms with Crippen molar-refractivity contribution in [1.82, 2.24) is 25.0 Å². The summed E-state index contributed by atoms with van der Waals surface area (Å²) in [4.78, 5) is 15.2. The summed E-state index contributed by atoms with van der Waals surface area (Å²) in [5.41, 5.74) is 2.09. The molecule has 0 bridgehead atoms. The molecule has 0 spiro atoms. The summed E-state index contributed by atoms with van der Waals surface area (Å²) in [5.74, 6) is 2.28. The Hall–Kier alpha value is -2.74. The molecule has 0 atom stereocenters. The van der Waals surface area contributed by atoms with Crippen LogP contribution in [0.1, 0.15) is 24.1 Å². The number of hydrogen-bond acceptors (Lipinski definition) is 8. The van der Waals surface area contributed by atoms with E-state index in [0.717, 1.165) is 24.2 Å². The van der Waals surface area contributed by atoms with Gasteiger partial charge in [-0.3, -0.25) is 4.90 Å². The summed E-state index contributed by atoms with van der Waals surface area (Å²) in [5, 5.41) is 3.96. The van der Waals surface area contributed by atoms with Crippen LogP contribution in [0.15, 0.2) is 33.7 Å². The van der Waals surface area contributed by atoms with Crippen molar-refractivity contribution in [2.24, 2.45) is 0 Å². The lowest BCUT2D eigenvalue weighted by Gasteiger charge is -2.27. The van der Waals surface area contributed by atoms with Crippen LogP contribution in [0.2, 0.25) is 0 Å². The maximum Gasteiger partial charge on any atom is 0.241 e. The summed E-state index contributed by atoms with van der Waals surface area (Å²) in [6.07, 6.45) is 3.99. The van der Waals surface area contributed by atoms with E-state index in [1.165, 1.54) is 0 Å². The monoisotopic (exact) mass is 327 g/mol. The van der Waals surface area contributed by atoms with Crippen LogP contribution in [-0.2, 0) is 19.5 Å². The molecule has 0 aromatic carbocycles. The summed E-state index contributed by atoms with van der Waals surface area (Å²) in [6, 6.07) is 3.60. The van der Waals surface area contributed by atoms with E-state index in [0.29, 0.717) is 43.1 Å². The fourth-order valence-electron chi connectivity index (χ4n) is 2.78. The third-order valence-electron chi connectivity index (χ3n) is 3.89. The number of ether oxygens (including phenoxy) is 1. The van der Waals surface area contributed by atoms with Crippen molar-refractivity contribution in [3.05, 3.63) is 41.9 Å². The molecule has 0 fully saturated rings. The van der Waals surface area contributed by atoms with Crippen molar-refractivity contribution in [2.75, 3.05) is 13.2 Å². The van der Waals surface area contributed by atoms with Gasteiger partial charge in [0.2, 0.25) is 17.6 Å². The largest absolute Gasteiger partial charge is 0.478 e. The Bertz CT molecular complexity index is 815. The van der Waals surface area contributed by atoms with E-state index >= 15 is 0 Å². The lowest BCUT2D eigenvalue weighted by molar-refractivity contribution is 0.202. The summed E-state index contributed by atoms with van der Waals surface area (Å²) in [6.45, 7) is 4.66. The number of hydrogen-bond donors (Lipinski definition) is 0. The highest BCUT2D eigenvalue weighted by Gasteiger charge is 2.23. The molecule has 0 amide bonds. The molecule has 0 N–H and O–H groups in total. The van der Waals surface area contributed by atoms with E-state index in [4.69, 9.17) is 13.7 Å². The molecule has 0 saturated carbocycles. The van der Waals surface area contributed by atoms with Gasteiger partial charge in [0.1, 0.15) is 6.33 Å². The predicted molar refractivity (Wildman–Crippen MR) is 83.0 cm³/mol. The van der Waals surface area contributed by atoms with E-state index < -0.39 is 0 Å². The van der Waals surface area contributed by atoms with Crippen molar-refractivity contribution in [2.45, 2.75) is 26.4 Å². The maximum absolute atomic E-state index is 5.61. The summed E-state index contributed by atoms with van der Waals surface area (Å²) < 4.78 is 16.2. The molecule has 0 unspecified atom stereocenters. The summed E-state index contributed by atoms with van der Waals surface area (Å²) in [7, 11) is 0. The minimum Gasteiger partial charge on any atom is -0.478 e. The molecule has 3 aromatic heterocycles. The molecule has 24 heavy (non-hydrogen) atoms. The molecular weight excluding hydrogens is 310 g/mol. The van der Waals surface area contributed by atoms with Gasteiger partial charge in [-0.1, -0.05) is 5.16 Å². The summed E-state index contributed by atoms with van der Waals surface area (Å²) >= 11 is 0. The first-order chi connectivity index (χ1) is 11.8. The second-order valence-corrected chi connectivity index (χ2v) is 5.49. The van der Waals surface area contributed by atoms with Gasteiger partial charge in [0.15, 0.2) is 5.76 Å². The molecule has 3 aromatic rings. The zero-order chi connectivity index (χ0) is 16.4. The maximum atomic E-state index is 5.61. The van der Waals surface area contributed by atoms with E-state index in [9.17, 15) is 0 Å². The quantitative estimate of drug-likeness (QED) is 0.703. The molecular formula is C16H17N5O3. The highest BCUT2D eigenvalue weighted by Crippen LogP contribution is 2.25. The number of furan rings is 1. The molecule has 4 rings (SSSR count). The van der Waals surface area contributed by atoms with Gasteiger partial charge in [0, 0.05) is 25.1 Å². The molecule has 0 saturated heterocycles. The minimum absolute atomic E-state index is 0.464. The smallest absolute Gasteiger partial charge is 0.241 e. The first kappa shape index (κ1) is 14.8. The normalized spacial score (nSPS) is 14.5. The first-order valence-electron chi connectivity index (χ1n) is 7.88. The van der Waals surface area contributed by atoms with Crippen LogP contribution in [0.3, 0.4) is 0 Å². The van der Waals surface area contributed by atoms with Gasteiger partial charge in [0.05, 0.1) is 25.1 Å². The van der Waals surface area contributed by atoms with Crippen LogP contribution < -0.4 is 4.74 Å². The average molecular weight is 327 g/mol. The highest BCUT2D eigenvalue weighted by atomic mass is 16.5. The zero-order valence-corrected chi connectivity index (χ0v) is 13.3. The van der Waals surface area contributed by atoms with Crippen LogP contribution in [0, 0.1) is 0 Å². The Kier molecular flexibility index (Phi) is 3.96. The topological polar surface area (TPSA) is 90.3 Å². The van der Waals surface area contributed by atoms with Crippen LogP contribution >= 0.6 is 0 Å². The number of aromatic nitrogens is 4. The van der Waals surface area contributed by atoms with E-state index in [2.05, 4.69) is 25.0 Å². The fourth-order valence-corrected chi connectivity index (χ4v) is 2.78. The second kappa shape index (κ2) is 6.40. The molecule has 124 valence electrons. The van der Waals surface area contributed by atoms with Crippen LogP contribution in [-0.4, -0.2) is 38.2 Å².